The summed E-state index contributed by atoms with van der Waals surface area (Å²) in [6.07, 6.45) is 3.99. The van der Waals surface area contributed by atoms with Crippen LogP contribution in [0.5, 0.6) is 5.75 Å². The van der Waals surface area contributed by atoms with E-state index in [1.807, 2.05) is 6.08 Å². The monoisotopic (exact) mass is 650 g/mol. The Morgan fingerprint density at radius 1 is 0.617 bits per heavy atom. The summed E-state index contributed by atoms with van der Waals surface area (Å²) in [5.41, 5.74) is 15.2. The quantitative estimate of drug-likeness (QED) is 0.108. The normalized spacial score (nSPS) is 12.9. The van der Waals surface area contributed by atoms with Gasteiger partial charge < -0.3 is 4.74 Å². The predicted molar refractivity (Wildman–Crippen MR) is 210 cm³/mol. The van der Waals surface area contributed by atoms with Crippen LogP contribution in [-0.2, 0) is 12.8 Å². The van der Waals surface area contributed by atoms with Gasteiger partial charge in [0, 0.05) is 5.54 Å². The minimum absolute atomic E-state index is 0.277. The van der Waals surface area contributed by atoms with E-state index in [1.165, 1.54) is 71.6 Å². The lowest BCUT2D eigenvalue weighted by Crippen LogP contribution is -2.52. The lowest BCUT2D eigenvalue weighted by Gasteiger charge is -2.36. The zero-order valence-electron chi connectivity index (χ0n) is 29.6. The van der Waals surface area contributed by atoms with Crippen molar-refractivity contribution in [2.75, 3.05) is 6.61 Å². The van der Waals surface area contributed by atoms with Gasteiger partial charge in [0.1, 0.15) is 12.4 Å². The molecule has 5 aromatic carbocycles. The standard InChI is InChI=1S/C44H50OSi2/c1-10-25-45-43-41(46(5,6)7)26-30(4)27-42(43)47(8,9)44-39-28-35(33-17-13-31(11-2)14-18-33)21-23-37(39)38-24-22-36(29-40(38)44)34-19-15-32(12-3)16-20-34/h10,13-24,26-29,44H,1,11-12,25H2,2-9H3. The highest BCUT2D eigenvalue weighted by Crippen LogP contribution is 2.51. The lowest BCUT2D eigenvalue weighted by molar-refractivity contribution is 0.368. The van der Waals surface area contributed by atoms with Crippen molar-refractivity contribution in [1.29, 1.82) is 0 Å². The first kappa shape index (κ1) is 33.0. The summed E-state index contributed by atoms with van der Waals surface area (Å²) >= 11 is 0. The summed E-state index contributed by atoms with van der Waals surface area (Å²) in [5.74, 6) is 1.12. The second-order valence-electron chi connectivity index (χ2n) is 14.9. The third-order valence-electron chi connectivity index (χ3n) is 10.2. The van der Waals surface area contributed by atoms with Gasteiger partial charge in [-0.1, -0.05) is 162 Å². The first-order valence-corrected chi connectivity index (χ1v) is 23.9. The number of benzene rings is 5. The van der Waals surface area contributed by atoms with Crippen LogP contribution in [0.2, 0.25) is 32.7 Å². The third kappa shape index (κ3) is 6.24. The maximum atomic E-state index is 6.70. The minimum Gasteiger partial charge on any atom is -0.490 e. The van der Waals surface area contributed by atoms with Gasteiger partial charge >= 0.3 is 0 Å². The molecule has 0 aromatic heterocycles. The topological polar surface area (TPSA) is 9.23 Å². The molecule has 3 heteroatoms. The highest BCUT2D eigenvalue weighted by molar-refractivity contribution is 6.94. The van der Waals surface area contributed by atoms with Crippen LogP contribution in [0.15, 0.2) is 110 Å². The lowest BCUT2D eigenvalue weighted by atomic mass is 9.97. The summed E-state index contributed by atoms with van der Waals surface area (Å²) < 4.78 is 6.70. The summed E-state index contributed by atoms with van der Waals surface area (Å²) in [5, 5.41) is 2.85. The largest absolute Gasteiger partial charge is 0.490 e. The van der Waals surface area contributed by atoms with Crippen LogP contribution < -0.4 is 15.1 Å². The van der Waals surface area contributed by atoms with Crippen molar-refractivity contribution in [2.24, 2.45) is 0 Å². The van der Waals surface area contributed by atoms with Crippen molar-refractivity contribution >= 4 is 26.5 Å². The molecule has 1 aliphatic rings. The number of aryl methyl sites for hydroxylation is 3. The Morgan fingerprint density at radius 2 is 1.06 bits per heavy atom. The first-order chi connectivity index (χ1) is 22.5. The summed E-state index contributed by atoms with van der Waals surface area (Å²) in [7, 11) is -4.01. The van der Waals surface area contributed by atoms with E-state index in [2.05, 4.69) is 157 Å². The third-order valence-corrected chi connectivity index (χ3v) is 16.0. The predicted octanol–water partition coefficient (Wildman–Crippen LogP) is 10.8. The van der Waals surface area contributed by atoms with Crippen LogP contribution in [-0.4, -0.2) is 22.8 Å². The van der Waals surface area contributed by atoms with E-state index in [1.54, 1.807) is 0 Å². The fourth-order valence-electron chi connectivity index (χ4n) is 7.53. The summed E-state index contributed by atoms with van der Waals surface area (Å²) in [4.78, 5) is 0. The maximum Gasteiger partial charge on any atom is 0.118 e. The van der Waals surface area contributed by atoms with E-state index in [-0.39, 0.29) is 5.54 Å². The van der Waals surface area contributed by atoms with Gasteiger partial charge in [0.25, 0.3) is 0 Å². The van der Waals surface area contributed by atoms with Crippen molar-refractivity contribution in [2.45, 2.75) is 71.9 Å². The Labute approximate surface area is 285 Å². The zero-order valence-corrected chi connectivity index (χ0v) is 31.6. The molecule has 0 bridgehead atoms. The molecule has 1 aliphatic carbocycles. The van der Waals surface area contributed by atoms with E-state index in [0.29, 0.717) is 6.61 Å². The van der Waals surface area contributed by atoms with Gasteiger partial charge in [-0.3, -0.25) is 0 Å². The molecule has 1 nitrogen and oxygen atoms in total. The molecular formula is C44H50OSi2. The second kappa shape index (κ2) is 12.9. The average molecular weight is 651 g/mol. The highest BCUT2D eigenvalue weighted by Gasteiger charge is 2.45. The van der Waals surface area contributed by atoms with E-state index in [9.17, 15) is 0 Å². The number of hydrogen-bond donors (Lipinski definition) is 0. The minimum atomic E-state index is -2.30. The molecule has 47 heavy (non-hydrogen) atoms. The van der Waals surface area contributed by atoms with E-state index >= 15 is 0 Å². The van der Waals surface area contributed by atoms with Crippen molar-refractivity contribution in [3.8, 4) is 39.1 Å². The second-order valence-corrected chi connectivity index (χ2v) is 24.5. The molecular weight excluding hydrogens is 601 g/mol. The van der Waals surface area contributed by atoms with E-state index < -0.39 is 16.1 Å². The number of fused-ring (bicyclic) bond motifs is 3. The Kier molecular flexibility index (Phi) is 9.08. The van der Waals surface area contributed by atoms with Gasteiger partial charge in [-0.2, -0.15) is 0 Å². The molecule has 0 spiro atoms. The van der Waals surface area contributed by atoms with Crippen LogP contribution in [0.1, 0.15) is 47.2 Å². The molecule has 0 N–H and O–H groups in total. The molecule has 0 radical (unpaired) electrons. The number of hydrogen-bond acceptors (Lipinski definition) is 1. The summed E-state index contributed by atoms with van der Waals surface area (Å²) in [6, 6.07) is 37.5. The highest BCUT2D eigenvalue weighted by atomic mass is 28.3. The SMILES string of the molecule is C=CCOc1c([Si](C)(C)C)cc(C)cc1[Si](C)(C)C1c2cc(-c3ccc(CC)cc3)ccc2-c2ccc(-c3ccc(CC)cc3)cc21. The fraction of sp³-hybridized carbons (Fsp3) is 0.273. The molecule has 0 aliphatic heterocycles. The molecule has 0 unspecified atom stereocenters. The van der Waals surface area contributed by atoms with Gasteiger partial charge in [-0.15, -0.1) is 0 Å². The van der Waals surface area contributed by atoms with Crippen LogP contribution in [0.3, 0.4) is 0 Å². The molecule has 5 aromatic rings. The molecule has 0 fully saturated rings. The molecule has 0 heterocycles. The van der Waals surface area contributed by atoms with Gasteiger partial charge in [-0.05, 0) is 85.8 Å². The maximum absolute atomic E-state index is 6.70. The molecule has 0 atom stereocenters. The Bertz CT molecular complexity index is 1830. The molecule has 0 saturated carbocycles. The molecule has 240 valence electrons. The average Bonchev–Trinajstić information content (AvgIpc) is 3.40. The van der Waals surface area contributed by atoms with Crippen molar-refractivity contribution in [3.63, 3.8) is 0 Å². The Hall–Kier alpha value is -3.93. The van der Waals surface area contributed by atoms with Crippen molar-refractivity contribution in [1.82, 2.24) is 0 Å². The van der Waals surface area contributed by atoms with Crippen molar-refractivity contribution in [3.05, 3.63) is 138 Å². The Morgan fingerprint density at radius 3 is 1.49 bits per heavy atom. The van der Waals surface area contributed by atoms with Crippen LogP contribution >= 0.6 is 0 Å². The van der Waals surface area contributed by atoms with E-state index in [4.69, 9.17) is 4.74 Å². The van der Waals surface area contributed by atoms with Crippen LogP contribution in [0.25, 0.3) is 33.4 Å². The smallest absolute Gasteiger partial charge is 0.118 e. The van der Waals surface area contributed by atoms with Gasteiger partial charge in [0.15, 0.2) is 0 Å². The number of ether oxygens (including phenoxy) is 1. The molecule has 0 saturated heterocycles. The van der Waals surface area contributed by atoms with Crippen LogP contribution in [0, 0.1) is 6.92 Å². The fourth-order valence-corrected chi connectivity index (χ4v) is 12.9. The van der Waals surface area contributed by atoms with Gasteiger partial charge in [0.05, 0.1) is 16.1 Å². The first-order valence-electron chi connectivity index (χ1n) is 17.3. The molecule has 0 amide bonds. The number of rotatable bonds is 10. The van der Waals surface area contributed by atoms with Gasteiger partial charge in [0.2, 0.25) is 0 Å². The Balaban J connectivity index is 1.59. The molecule has 6 rings (SSSR count). The zero-order chi connectivity index (χ0) is 33.5. The van der Waals surface area contributed by atoms with Gasteiger partial charge in [-0.25, -0.2) is 0 Å². The summed E-state index contributed by atoms with van der Waals surface area (Å²) in [6.45, 7) is 23.7. The van der Waals surface area contributed by atoms with Crippen LogP contribution in [0.4, 0.5) is 0 Å². The van der Waals surface area contributed by atoms with Crippen molar-refractivity contribution < 1.29 is 4.74 Å². The van der Waals surface area contributed by atoms with E-state index in [0.717, 1.165) is 18.6 Å².